The number of hydrogen-bond acceptors (Lipinski definition) is 4. The fourth-order valence-electron chi connectivity index (χ4n) is 0.770. The van der Waals surface area contributed by atoms with Crippen molar-refractivity contribution >= 4 is 16.4 Å². The third-order valence-corrected chi connectivity index (χ3v) is 1.32. The minimum atomic E-state index is -5.17. The molecule has 0 aliphatic rings. The smallest absolute Gasteiger partial charge is 0.338 e. The molecule has 0 radical (unpaired) electrons. The van der Waals surface area contributed by atoms with Gasteiger partial charge in [-0.25, -0.2) is 0 Å². The molecule has 0 aromatic heterocycles. The average molecular weight is 256 g/mol. The molecule has 0 fully saturated rings. The van der Waals surface area contributed by atoms with Crippen LogP contribution in [0.4, 0.5) is 0 Å². The molecule has 0 aromatic carbocycles. The molecule has 0 aromatic rings. The maximum absolute atomic E-state index is 8.52. The van der Waals surface area contributed by atoms with Gasteiger partial charge in [-0.05, 0) is 0 Å². The van der Waals surface area contributed by atoms with Gasteiger partial charge in [-0.15, -0.1) is 0 Å². The van der Waals surface area contributed by atoms with Gasteiger partial charge in [0.05, 0.1) is 6.54 Å². The van der Waals surface area contributed by atoms with Gasteiger partial charge in [0.1, 0.15) is 13.1 Å². The molecule has 0 aliphatic heterocycles. The highest BCUT2D eigenvalue weighted by atomic mass is 32.3. The van der Waals surface area contributed by atoms with Gasteiger partial charge in [0, 0.05) is 16.3 Å². The summed E-state index contributed by atoms with van der Waals surface area (Å²) in [6, 6.07) is 0. The molecular formula is C7H20N4O4S. The molecule has 16 heavy (non-hydrogen) atoms. The Kier molecular flexibility index (Phi) is 10.2. The zero-order valence-electron chi connectivity index (χ0n) is 9.47. The topological polar surface area (TPSA) is 163 Å². The van der Waals surface area contributed by atoms with E-state index < -0.39 is 10.4 Å². The zero-order chi connectivity index (χ0) is 13.2. The Labute approximate surface area is 95.7 Å². The van der Waals surface area contributed by atoms with Crippen LogP contribution >= 0.6 is 0 Å². The molecule has 98 valence electrons. The van der Waals surface area contributed by atoms with Crippen molar-refractivity contribution in [3.63, 3.8) is 0 Å². The van der Waals surface area contributed by atoms with Gasteiger partial charge in [-0.2, -0.15) is 0 Å². The number of hydrogen-bond donors (Lipinski definition) is 4. The van der Waals surface area contributed by atoms with E-state index in [0.29, 0.717) is 5.96 Å². The van der Waals surface area contributed by atoms with Crippen molar-refractivity contribution in [1.29, 1.82) is 0 Å². The quantitative estimate of drug-likeness (QED) is 0.127. The first-order valence-electron chi connectivity index (χ1n) is 4.73. The summed E-state index contributed by atoms with van der Waals surface area (Å²) >= 11 is 0. The Morgan fingerprint density at radius 2 is 1.81 bits per heavy atom. The van der Waals surface area contributed by atoms with Gasteiger partial charge in [0.15, 0.2) is 0 Å². The first kappa shape index (κ1) is 17.5. The molecule has 0 saturated heterocycles. The fourth-order valence-corrected chi connectivity index (χ4v) is 0.770. The van der Waals surface area contributed by atoms with Crippen LogP contribution in [0.3, 0.4) is 0 Å². The lowest BCUT2D eigenvalue weighted by Crippen LogP contribution is -2.92. The molecule has 0 aliphatic carbocycles. The van der Waals surface area contributed by atoms with Gasteiger partial charge in [0.25, 0.3) is 0 Å². The van der Waals surface area contributed by atoms with Gasteiger partial charge < -0.3 is 14.4 Å². The zero-order valence-corrected chi connectivity index (χ0v) is 10.3. The normalized spacial score (nSPS) is 10.6. The molecule has 0 saturated carbocycles. The molecule has 9 heteroatoms. The molecule has 0 amide bonds. The van der Waals surface area contributed by atoms with E-state index in [1.54, 1.807) is 0 Å². The summed E-state index contributed by atoms with van der Waals surface area (Å²) in [6.45, 7) is 7.43. The summed E-state index contributed by atoms with van der Waals surface area (Å²) in [6.07, 6.45) is 0. The second-order valence-electron chi connectivity index (χ2n) is 3.50. The summed E-state index contributed by atoms with van der Waals surface area (Å²) < 4.78 is 34.1. The van der Waals surface area contributed by atoms with Gasteiger partial charge >= 0.3 is 5.96 Å². The second kappa shape index (κ2) is 9.33. The number of nitrogens with one attached hydrogen (secondary N) is 1. The monoisotopic (exact) mass is 256 g/mol. The minimum Gasteiger partial charge on any atom is -0.759 e. The van der Waals surface area contributed by atoms with Crippen LogP contribution in [0.5, 0.6) is 0 Å². The first-order chi connectivity index (χ1) is 7.13. The Morgan fingerprint density at radius 3 is 2.12 bits per heavy atom. The van der Waals surface area contributed by atoms with Crippen molar-refractivity contribution in [2.75, 3.05) is 19.6 Å². The van der Waals surface area contributed by atoms with Crippen LogP contribution in [-0.4, -0.2) is 43.1 Å². The number of nitrogens with two attached hydrogens (primary N) is 3. The van der Waals surface area contributed by atoms with E-state index in [1.165, 1.54) is 0 Å². The lowest BCUT2D eigenvalue weighted by atomic mass is 10.2. The summed E-state index contributed by atoms with van der Waals surface area (Å²) in [5.74, 6) is 1.05. The van der Waals surface area contributed by atoms with E-state index in [-0.39, 0.29) is 0 Å². The molecule has 8 nitrogen and oxygen atoms in total. The van der Waals surface area contributed by atoms with Crippen molar-refractivity contribution in [1.82, 2.24) is 0 Å². The van der Waals surface area contributed by atoms with Crippen LogP contribution in [0.2, 0.25) is 0 Å². The van der Waals surface area contributed by atoms with Gasteiger partial charge in [-0.1, -0.05) is 13.8 Å². The van der Waals surface area contributed by atoms with E-state index in [9.17, 15) is 0 Å². The largest absolute Gasteiger partial charge is 0.759 e. The van der Waals surface area contributed by atoms with Crippen molar-refractivity contribution < 1.29 is 27.8 Å². The molecule has 0 rings (SSSR count). The summed E-state index contributed by atoms with van der Waals surface area (Å²) in [4.78, 5) is 2.86. The van der Waals surface area contributed by atoms with Gasteiger partial charge in [-0.3, -0.25) is 24.9 Å². The van der Waals surface area contributed by atoms with Crippen LogP contribution in [0.25, 0.3) is 0 Å². The molecule has 7 N–H and O–H groups in total. The third-order valence-electron chi connectivity index (χ3n) is 1.32. The van der Waals surface area contributed by atoms with E-state index >= 15 is 0 Å². The van der Waals surface area contributed by atoms with Crippen LogP contribution in [0.1, 0.15) is 13.8 Å². The fraction of sp³-hybridized carbons (Fsp3) is 0.857. The standard InChI is InChI=1S/C7H18N4.H2O4S/c1-6(2)5-10-3-4-11-7(8)9;1-5(2,3)4/h6,10H,3-5H2,1-2H3,(H4,8,9,11);(H2,1,2,3,4). The number of quaternary nitrogens is 1. The first-order valence-corrected chi connectivity index (χ1v) is 6.06. The Hall–Kier alpha value is -0.900. The lowest BCUT2D eigenvalue weighted by molar-refractivity contribution is -0.680. The Morgan fingerprint density at radius 1 is 1.38 bits per heavy atom. The number of rotatable bonds is 5. The van der Waals surface area contributed by atoms with E-state index in [0.717, 1.165) is 25.6 Å². The van der Waals surface area contributed by atoms with Crippen molar-refractivity contribution in [2.24, 2.45) is 17.4 Å². The molecule has 0 atom stereocenters. The molecule has 0 bridgehead atoms. The second-order valence-corrected chi connectivity index (χ2v) is 4.31. The summed E-state index contributed by atoms with van der Waals surface area (Å²) in [7, 11) is -5.17. The average Bonchev–Trinajstić information content (AvgIpc) is 1.99. The summed E-state index contributed by atoms with van der Waals surface area (Å²) in [5, 5.41) is 2.25. The summed E-state index contributed by atoms with van der Waals surface area (Å²) in [5.41, 5.74) is 10.4. The van der Waals surface area contributed by atoms with Gasteiger partial charge in [0.2, 0.25) is 0 Å². The minimum absolute atomic E-state index is 0.308. The number of guanidine groups is 1. The van der Waals surface area contributed by atoms with Crippen LogP contribution < -0.4 is 21.8 Å². The third kappa shape index (κ3) is 38.0. The van der Waals surface area contributed by atoms with E-state index in [2.05, 4.69) is 24.2 Å². The van der Waals surface area contributed by atoms with Crippen molar-refractivity contribution in [2.45, 2.75) is 13.8 Å². The maximum atomic E-state index is 8.52. The van der Waals surface area contributed by atoms with E-state index in [1.807, 2.05) is 0 Å². The predicted octanol–water partition coefficient (Wildman–Crippen LogP) is -4.78. The van der Waals surface area contributed by atoms with Crippen molar-refractivity contribution in [3.8, 4) is 0 Å². The van der Waals surface area contributed by atoms with Crippen LogP contribution in [-0.2, 0) is 10.4 Å². The highest BCUT2D eigenvalue weighted by molar-refractivity contribution is 7.79. The highest BCUT2D eigenvalue weighted by Gasteiger charge is 1.95. The van der Waals surface area contributed by atoms with E-state index in [4.69, 9.17) is 29.0 Å². The SMILES string of the molecule is CC(C)C[NH2+]CC[NH+]=C(N)N.O=S(=O)([O-])[O-]. The molecule has 0 unspecified atom stereocenters. The molecule has 0 heterocycles. The Balaban J connectivity index is 0. The maximum Gasteiger partial charge on any atom is 0.338 e. The Bertz CT molecular complexity index is 277. The predicted molar refractivity (Wildman–Crippen MR) is 56.2 cm³/mol. The van der Waals surface area contributed by atoms with Crippen LogP contribution in [0, 0.1) is 5.92 Å². The molecular weight excluding hydrogens is 236 g/mol. The molecule has 0 spiro atoms. The van der Waals surface area contributed by atoms with Crippen molar-refractivity contribution in [3.05, 3.63) is 0 Å². The van der Waals surface area contributed by atoms with Crippen LogP contribution in [0.15, 0.2) is 0 Å². The lowest BCUT2D eigenvalue weighted by Gasteiger charge is -2.06. The highest BCUT2D eigenvalue weighted by Crippen LogP contribution is 1.80.